The van der Waals surface area contributed by atoms with Gasteiger partial charge in [-0.05, 0) is 42.9 Å². The lowest BCUT2D eigenvalue weighted by atomic mass is 10.0. The first kappa shape index (κ1) is 10.3. The Kier molecular flexibility index (Phi) is 1.96. The largest absolute Gasteiger partial charge is 0.367 e. The minimum atomic E-state index is -0.371. The first-order valence-electron chi connectivity index (χ1n) is 6.61. The summed E-state index contributed by atoms with van der Waals surface area (Å²) in [6.45, 7) is 0. The molecule has 94 valence electrons. The Labute approximate surface area is 105 Å². The Morgan fingerprint density at radius 3 is 2.72 bits per heavy atom. The molecule has 0 amide bonds. The van der Waals surface area contributed by atoms with Gasteiger partial charge in [0, 0.05) is 18.3 Å². The van der Waals surface area contributed by atoms with Crippen LogP contribution in [0, 0.1) is 33.8 Å². The molecule has 4 rings (SSSR count). The fourth-order valence-electron chi connectivity index (χ4n) is 4.30. The van der Waals surface area contributed by atoms with Crippen molar-refractivity contribution in [2.45, 2.75) is 25.3 Å². The number of rotatable bonds is 3. The Bertz CT molecular complexity index is 503. The summed E-state index contributed by atoms with van der Waals surface area (Å²) >= 11 is 0. The van der Waals surface area contributed by atoms with Gasteiger partial charge in [-0.1, -0.05) is 0 Å². The van der Waals surface area contributed by atoms with E-state index in [2.05, 4.69) is 10.3 Å². The first-order chi connectivity index (χ1) is 8.74. The van der Waals surface area contributed by atoms with Gasteiger partial charge in [-0.15, -0.1) is 0 Å². The third kappa shape index (κ3) is 1.36. The van der Waals surface area contributed by atoms with Gasteiger partial charge in [0.05, 0.1) is 11.0 Å². The van der Waals surface area contributed by atoms with E-state index in [-0.39, 0.29) is 10.6 Å². The number of pyridine rings is 1. The predicted molar refractivity (Wildman–Crippen MR) is 66.1 cm³/mol. The van der Waals surface area contributed by atoms with Crippen molar-refractivity contribution in [2.75, 3.05) is 5.32 Å². The molecule has 1 N–H and O–H groups in total. The maximum absolute atomic E-state index is 10.7. The molecule has 3 saturated carbocycles. The summed E-state index contributed by atoms with van der Waals surface area (Å²) in [6.07, 6.45) is 5.68. The zero-order chi connectivity index (χ0) is 12.3. The van der Waals surface area contributed by atoms with Crippen molar-refractivity contribution >= 4 is 11.5 Å². The minimum Gasteiger partial charge on any atom is -0.367 e. The highest BCUT2D eigenvalue weighted by atomic mass is 16.6. The van der Waals surface area contributed by atoms with Gasteiger partial charge >= 0.3 is 0 Å². The summed E-state index contributed by atoms with van der Waals surface area (Å²) in [5, 5.41) is 14.1. The molecule has 5 heteroatoms. The fourth-order valence-corrected chi connectivity index (χ4v) is 4.30. The third-order valence-electron chi connectivity index (χ3n) is 5.00. The molecule has 5 nitrogen and oxygen atoms in total. The molecule has 3 aliphatic rings. The van der Waals surface area contributed by atoms with E-state index in [0.717, 1.165) is 23.7 Å². The van der Waals surface area contributed by atoms with E-state index in [9.17, 15) is 10.1 Å². The summed E-state index contributed by atoms with van der Waals surface area (Å²) < 4.78 is 0. The van der Waals surface area contributed by atoms with Gasteiger partial charge in [0.25, 0.3) is 5.69 Å². The highest BCUT2D eigenvalue weighted by Crippen LogP contribution is 2.66. The highest BCUT2D eigenvalue weighted by molar-refractivity contribution is 5.47. The molecular weight excluding hydrogens is 230 g/mol. The second-order valence-electron chi connectivity index (χ2n) is 5.81. The summed E-state index contributed by atoms with van der Waals surface area (Å²) in [7, 11) is 0. The summed E-state index contributed by atoms with van der Waals surface area (Å²) in [4.78, 5) is 14.5. The van der Waals surface area contributed by atoms with Crippen molar-refractivity contribution in [3.8, 4) is 0 Å². The molecule has 3 aliphatic carbocycles. The number of nitrogens with zero attached hydrogens (tertiary/aromatic N) is 2. The molecule has 4 unspecified atom stereocenters. The second-order valence-corrected chi connectivity index (χ2v) is 5.81. The predicted octanol–water partition coefficient (Wildman–Crippen LogP) is 2.45. The fraction of sp³-hybridized carbons (Fsp3) is 0.615. The van der Waals surface area contributed by atoms with Crippen LogP contribution in [0.2, 0.25) is 0 Å². The molecule has 1 aromatic heterocycles. The molecule has 18 heavy (non-hydrogen) atoms. The molecule has 0 aliphatic heterocycles. The molecule has 4 atom stereocenters. The van der Waals surface area contributed by atoms with Gasteiger partial charge in [0.15, 0.2) is 0 Å². The van der Waals surface area contributed by atoms with Gasteiger partial charge in [-0.2, -0.15) is 0 Å². The molecule has 3 fully saturated rings. The van der Waals surface area contributed by atoms with Crippen LogP contribution in [0.25, 0.3) is 0 Å². The monoisotopic (exact) mass is 245 g/mol. The van der Waals surface area contributed by atoms with Gasteiger partial charge in [0.2, 0.25) is 0 Å². The summed E-state index contributed by atoms with van der Waals surface area (Å²) in [5.41, 5.74) is 0.112. The smallest absolute Gasteiger partial charge is 0.274 e. The number of nitro groups is 1. The van der Waals surface area contributed by atoms with E-state index in [1.807, 2.05) is 0 Å². The van der Waals surface area contributed by atoms with E-state index in [4.69, 9.17) is 0 Å². The standard InChI is InChI=1S/C13H15N3O2/c17-16(18)9-3-4-14-10(6-9)15-13-11-7-1-2-8(5-7)12(11)13/h3-4,6-8,11-13H,1-2,5H2,(H,14,15). The van der Waals surface area contributed by atoms with Crippen LogP contribution in [0.4, 0.5) is 11.5 Å². The average molecular weight is 245 g/mol. The first-order valence-corrected chi connectivity index (χ1v) is 6.61. The van der Waals surface area contributed by atoms with E-state index >= 15 is 0 Å². The molecule has 0 aromatic carbocycles. The number of fused-ring (bicyclic) bond motifs is 5. The quantitative estimate of drug-likeness (QED) is 0.656. The van der Waals surface area contributed by atoms with Crippen LogP contribution in [-0.2, 0) is 0 Å². The SMILES string of the molecule is O=[N+]([O-])c1ccnc(NC2C3C4CCC(C4)C23)c1. The number of hydrogen-bond donors (Lipinski definition) is 1. The Morgan fingerprint density at radius 1 is 1.33 bits per heavy atom. The van der Waals surface area contributed by atoms with Gasteiger partial charge < -0.3 is 5.32 Å². The summed E-state index contributed by atoms with van der Waals surface area (Å²) in [6, 6.07) is 3.49. The second kappa shape index (κ2) is 3.43. The molecule has 1 aromatic rings. The van der Waals surface area contributed by atoms with Crippen molar-refractivity contribution < 1.29 is 4.92 Å². The lowest BCUT2D eigenvalue weighted by Crippen LogP contribution is -2.13. The maximum Gasteiger partial charge on any atom is 0.274 e. The molecule has 0 radical (unpaired) electrons. The van der Waals surface area contributed by atoms with E-state index in [1.54, 1.807) is 0 Å². The van der Waals surface area contributed by atoms with Crippen LogP contribution in [0.1, 0.15) is 19.3 Å². The van der Waals surface area contributed by atoms with Crippen molar-refractivity contribution in [1.29, 1.82) is 0 Å². The highest BCUT2D eigenvalue weighted by Gasteiger charge is 2.65. The number of aromatic nitrogens is 1. The van der Waals surface area contributed by atoms with Crippen LogP contribution >= 0.6 is 0 Å². The van der Waals surface area contributed by atoms with E-state index in [1.165, 1.54) is 37.6 Å². The van der Waals surface area contributed by atoms with E-state index in [0.29, 0.717) is 11.9 Å². The number of anilines is 1. The topological polar surface area (TPSA) is 68.1 Å². The molecule has 2 bridgehead atoms. The van der Waals surface area contributed by atoms with Crippen LogP contribution in [0.5, 0.6) is 0 Å². The van der Waals surface area contributed by atoms with Crippen molar-refractivity contribution in [3.63, 3.8) is 0 Å². The van der Waals surface area contributed by atoms with Crippen molar-refractivity contribution in [3.05, 3.63) is 28.4 Å². The average Bonchev–Trinajstić information content (AvgIpc) is 2.77. The maximum atomic E-state index is 10.7. The molecule has 0 saturated heterocycles. The lowest BCUT2D eigenvalue weighted by Gasteiger charge is -2.10. The van der Waals surface area contributed by atoms with Crippen LogP contribution < -0.4 is 5.32 Å². The van der Waals surface area contributed by atoms with Gasteiger partial charge in [0.1, 0.15) is 5.82 Å². The number of nitrogens with one attached hydrogen (secondary N) is 1. The Balaban J connectivity index is 1.50. The van der Waals surface area contributed by atoms with E-state index < -0.39 is 0 Å². The lowest BCUT2D eigenvalue weighted by molar-refractivity contribution is -0.384. The van der Waals surface area contributed by atoms with Crippen LogP contribution in [-0.4, -0.2) is 15.9 Å². The minimum absolute atomic E-state index is 0.112. The summed E-state index contributed by atoms with van der Waals surface area (Å²) in [5.74, 6) is 4.07. The van der Waals surface area contributed by atoms with Gasteiger partial charge in [-0.25, -0.2) is 4.98 Å². The molecule has 1 heterocycles. The van der Waals surface area contributed by atoms with Crippen molar-refractivity contribution in [2.24, 2.45) is 23.7 Å². The molecular formula is C13H15N3O2. The zero-order valence-corrected chi connectivity index (χ0v) is 9.95. The van der Waals surface area contributed by atoms with Gasteiger partial charge in [-0.3, -0.25) is 10.1 Å². The Hall–Kier alpha value is -1.65. The zero-order valence-electron chi connectivity index (χ0n) is 9.95. The number of hydrogen-bond acceptors (Lipinski definition) is 4. The third-order valence-corrected chi connectivity index (χ3v) is 5.00. The molecule has 0 spiro atoms. The van der Waals surface area contributed by atoms with Crippen LogP contribution in [0.15, 0.2) is 18.3 Å². The Morgan fingerprint density at radius 2 is 2.06 bits per heavy atom. The normalized spacial score (nSPS) is 39.4. The van der Waals surface area contributed by atoms with Crippen molar-refractivity contribution in [1.82, 2.24) is 4.98 Å². The van der Waals surface area contributed by atoms with Crippen LogP contribution in [0.3, 0.4) is 0 Å².